The van der Waals surface area contributed by atoms with E-state index in [1.54, 1.807) is 30.3 Å². The molecule has 0 aliphatic carbocycles. The third kappa shape index (κ3) is 4.66. The predicted molar refractivity (Wildman–Crippen MR) is 116 cm³/mol. The number of hydrogen-bond acceptors (Lipinski definition) is 7. The van der Waals surface area contributed by atoms with Crippen LogP contribution in [0, 0.1) is 0 Å². The molecule has 0 spiro atoms. The highest BCUT2D eigenvalue weighted by Gasteiger charge is 2.35. The minimum absolute atomic E-state index is 0.0739. The Kier molecular flexibility index (Phi) is 6.99. The smallest absolute Gasteiger partial charge is 0.331 e. The SMILES string of the molecule is COc1ccc(/C=C2/C(=O)NC(=O)N(CCc3ccc(OC)c(OC)c3)C2=O)c(OC)c1. The number of hydrogen-bond donors (Lipinski definition) is 1. The molecule has 9 heteroatoms. The van der Waals surface area contributed by atoms with Gasteiger partial charge in [-0.25, -0.2) is 4.79 Å². The minimum atomic E-state index is -0.765. The van der Waals surface area contributed by atoms with Crippen LogP contribution in [0.5, 0.6) is 23.0 Å². The molecule has 168 valence electrons. The van der Waals surface area contributed by atoms with Gasteiger partial charge in [0.2, 0.25) is 0 Å². The minimum Gasteiger partial charge on any atom is -0.497 e. The second-order valence-electron chi connectivity index (χ2n) is 6.82. The summed E-state index contributed by atoms with van der Waals surface area (Å²) in [7, 11) is 6.06. The summed E-state index contributed by atoms with van der Waals surface area (Å²) in [5.74, 6) is 0.660. The van der Waals surface area contributed by atoms with E-state index in [2.05, 4.69) is 5.32 Å². The van der Waals surface area contributed by atoms with Gasteiger partial charge in [-0.2, -0.15) is 0 Å². The summed E-state index contributed by atoms with van der Waals surface area (Å²) < 4.78 is 21.0. The van der Waals surface area contributed by atoms with Crippen LogP contribution < -0.4 is 24.3 Å². The van der Waals surface area contributed by atoms with Gasteiger partial charge in [0.15, 0.2) is 11.5 Å². The van der Waals surface area contributed by atoms with E-state index >= 15 is 0 Å². The molecule has 2 aromatic rings. The molecule has 0 radical (unpaired) electrons. The maximum absolute atomic E-state index is 13.0. The molecule has 32 heavy (non-hydrogen) atoms. The lowest BCUT2D eigenvalue weighted by molar-refractivity contribution is -0.130. The van der Waals surface area contributed by atoms with Gasteiger partial charge in [-0.3, -0.25) is 19.8 Å². The van der Waals surface area contributed by atoms with E-state index < -0.39 is 17.8 Å². The molecule has 0 bridgehead atoms. The second kappa shape index (κ2) is 9.86. The molecule has 0 atom stereocenters. The Morgan fingerprint density at radius 1 is 0.844 bits per heavy atom. The van der Waals surface area contributed by atoms with Gasteiger partial charge in [0.1, 0.15) is 17.1 Å². The molecular formula is C23H24N2O7. The third-order valence-electron chi connectivity index (χ3n) is 5.00. The highest BCUT2D eigenvalue weighted by Crippen LogP contribution is 2.29. The normalized spacial score (nSPS) is 14.9. The number of carbonyl (C=O) groups excluding carboxylic acids is 3. The van der Waals surface area contributed by atoms with Gasteiger partial charge >= 0.3 is 6.03 Å². The van der Waals surface area contributed by atoms with Crippen molar-refractivity contribution in [3.05, 3.63) is 53.1 Å². The van der Waals surface area contributed by atoms with Crippen LogP contribution in [0.25, 0.3) is 6.08 Å². The Morgan fingerprint density at radius 2 is 1.56 bits per heavy atom. The van der Waals surface area contributed by atoms with Gasteiger partial charge < -0.3 is 18.9 Å². The van der Waals surface area contributed by atoms with Crippen molar-refractivity contribution in [2.24, 2.45) is 0 Å². The van der Waals surface area contributed by atoms with E-state index in [9.17, 15) is 14.4 Å². The molecule has 1 heterocycles. The van der Waals surface area contributed by atoms with Crippen LogP contribution in [0.4, 0.5) is 4.79 Å². The Bertz CT molecular complexity index is 1080. The molecule has 1 saturated heterocycles. The highest BCUT2D eigenvalue weighted by atomic mass is 16.5. The van der Waals surface area contributed by atoms with Gasteiger partial charge in [-0.1, -0.05) is 6.07 Å². The summed E-state index contributed by atoms with van der Waals surface area (Å²) >= 11 is 0. The summed E-state index contributed by atoms with van der Waals surface area (Å²) in [6, 6.07) is 9.55. The summed E-state index contributed by atoms with van der Waals surface area (Å²) in [5.41, 5.74) is 1.17. The van der Waals surface area contributed by atoms with Crippen LogP contribution in [0.15, 0.2) is 42.0 Å². The molecule has 4 amide bonds. The van der Waals surface area contributed by atoms with Crippen LogP contribution >= 0.6 is 0 Å². The molecule has 1 N–H and O–H groups in total. The van der Waals surface area contributed by atoms with E-state index in [1.165, 1.54) is 34.5 Å². The van der Waals surface area contributed by atoms with Crippen molar-refractivity contribution in [3.63, 3.8) is 0 Å². The maximum atomic E-state index is 13.0. The molecular weight excluding hydrogens is 416 g/mol. The number of methoxy groups -OCH3 is 4. The van der Waals surface area contributed by atoms with Gasteiger partial charge in [0, 0.05) is 18.2 Å². The maximum Gasteiger partial charge on any atom is 0.331 e. The monoisotopic (exact) mass is 440 g/mol. The molecule has 0 saturated carbocycles. The number of rotatable bonds is 8. The lowest BCUT2D eigenvalue weighted by Gasteiger charge is -2.26. The third-order valence-corrected chi connectivity index (χ3v) is 5.00. The van der Waals surface area contributed by atoms with E-state index in [4.69, 9.17) is 18.9 Å². The van der Waals surface area contributed by atoms with Crippen molar-refractivity contribution in [2.75, 3.05) is 35.0 Å². The van der Waals surface area contributed by atoms with Gasteiger partial charge in [0.05, 0.1) is 28.4 Å². The van der Waals surface area contributed by atoms with Crippen molar-refractivity contribution in [1.82, 2.24) is 10.2 Å². The fourth-order valence-electron chi connectivity index (χ4n) is 3.27. The quantitative estimate of drug-likeness (QED) is 0.497. The first-order chi connectivity index (χ1) is 15.4. The van der Waals surface area contributed by atoms with Crippen LogP contribution in [-0.2, 0) is 16.0 Å². The van der Waals surface area contributed by atoms with Crippen molar-refractivity contribution in [2.45, 2.75) is 6.42 Å². The first kappa shape index (κ1) is 22.7. The zero-order valence-corrected chi connectivity index (χ0v) is 18.3. The standard InChI is InChI=1S/C23H24N2O7/c1-29-16-7-6-15(19(13-16)31-3)12-17-21(26)24-23(28)25(22(17)27)10-9-14-5-8-18(30-2)20(11-14)32-4/h5-8,11-13H,9-10H2,1-4H3,(H,24,26,28)/b17-12-. The van der Waals surface area contributed by atoms with Crippen LogP contribution in [0.3, 0.4) is 0 Å². The Balaban J connectivity index is 1.83. The molecule has 3 rings (SSSR count). The largest absolute Gasteiger partial charge is 0.497 e. The number of carbonyl (C=O) groups is 3. The van der Waals surface area contributed by atoms with Gasteiger partial charge in [-0.05, 0) is 42.3 Å². The average Bonchev–Trinajstić information content (AvgIpc) is 2.81. The topological polar surface area (TPSA) is 103 Å². The Labute approximate surface area is 185 Å². The van der Waals surface area contributed by atoms with E-state index in [0.29, 0.717) is 35.0 Å². The first-order valence-corrected chi connectivity index (χ1v) is 9.73. The summed E-state index contributed by atoms with van der Waals surface area (Å²) in [6.07, 6.45) is 1.76. The Morgan fingerprint density at radius 3 is 2.22 bits per heavy atom. The van der Waals surface area contributed by atoms with Gasteiger partial charge in [-0.15, -0.1) is 0 Å². The van der Waals surface area contributed by atoms with Crippen molar-refractivity contribution in [3.8, 4) is 23.0 Å². The van der Waals surface area contributed by atoms with E-state index in [0.717, 1.165) is 10.5 Å². The molecule has 0 aromatic heterocycles. The van der Waals surface area contributed by atoms with Crippen LogP contribution in [-0.4, -0.2) is 57.7 Å². The fourth-order valence-corrected chi connectivity index (χ4v) is 3.27. The molecule has 1 fully saturated rings. The number of ether oxygens (including phenoxy) is 4. The lowest BCUT2D eigenvalue weighted by Crippen LogP contribution is -2.54. The highest BCUT2D eigenvalue weighted by molar-refractivity contribution is 6.31. The number of imide groups is 2. The summed E-state index contributed by atoms with van der Waals surface area (Å²) in [5, 5.41) is 2.22. The van der Waals surface area contributed by atoms with Gasteiger partial charge in [0.25, 0.3) is 11.8 Å². The molecule has 1 aliphatic rings. The average molecular weight is 440 g/mol. The molecule has 1 aliphatic heterocycles. The van der Waals surface area contributed by atoms with Crippen LogP contribution in [0.2, 0.25) is 0 Å². The van der Waals surface area contributed by atoms with Crippen molar-refractivity contribution < 1.29 is 33.3 Å². The van der Waals surface area contributed by atoms with Crippen LogP contribution in [0.1, 0.15) is 11.1 Å². The molecule has 2 aromatic carbocycles. The Hall–Kier alpha value is -4.01. The lowest BCUT2D eigenvalue weighted by atomic mass is 10.1. The number of nitrogens with one attached hydrogen (secondary N) is 1. The second-order valence-corrected chi connectivity index (χ2v) is 6.82. The number of benzene rings is 2. The van der Waals surface area contributed by atoms with Crippen molar-refractivity contribution in [1.29, 1.82) is 0 Å². The number of amides is 4. The fraction of sp³-hybridized carbons (Fsp3) is 0.261. The summed E-state index contributed by atoms with van der Waals surface area (Å²) in [4.78, 5) is 38.7. The molecule has 0 unspecified atom stereocenters. The molecule has 9 nitrogen and oxygen atoms in total. The first-order valence-electron chi connectivity index (χ1n) is 9.73. The number of nitrogens with zero attached hydrogens (tertiary/aromatic N) is 1. The number of barbiturate groups is 1. The zero-order chi connectivity index (χ0) is 23.3. The predicted octanol–water partition coefficient (Wildman–Crippen LogP) is 2.43. The number of urea groups is 1. The van der Waals surface area contributed by atoms with E-state index in [1.807, 2.05) is 6.07 Å². The van der Waals surface area contributed by atoms with E-state index in [-0.39, 0.29) is 12.1 Å². The van der Waals surface area contributed by atoms with Crippen molar-refractivity contribution >= 4 is 23.9 Å². The zero-order valence-electron chi connectivity index (χ0n) is 18.3. The summed E-state index contributed by atoms with van der Waals surface area (Å²) in [6.45, 7) is 0.0739.